The molecular formula is C24H35N5O3S2. The third-order valence-electron chi connectivity index (χ3n) is 5.79. The number of rotatable bonds is 4. The van der Waals surface area contributed by atoms with E-state index in [9.17, 15) is 13.2 Å². The zero-order valence-electron chi connectivity index (χ0n) is 20.5. The second kappa shape index (κ2) is 11.9. The molecule has 5 heterocycles. The van der Waals surface area contributed by atoms with Gasteiger partial charge in [-0.3, -0.25) is 9.36 Å². The smallest absolute Gasteiger partial charge is 0.248 e. The van der Waals surface area contributed by atoms with Gasteiger partial charge in [0.25, 0.3) is 0 Å². The second-order valence-electron chi connectivity index (χ2n) is 7.71. The Morgan fingerprint density at radius 1 is 0.912 bits per heavy atom. The predicted octanol–water partition coefficient (Wildman–Crippen LogP) is 4.67. The van der Waals surface area contributed by atoms with Crippen molar-refractivity contribution in [1.29, 1.82) is 0 Å². The minimum Gasteiger partial charge on any atom is -0.357 e. The summed E-state index contributed by atoms with van der Waals surface area (Å²) in [5, 5.41) is 2.70. The quantitative estimate of drug-likeness (QED) is 0.512. The summed E-state index contributed by atoms with van der Waals surface area (Å²) >= 11 is 1.38. The fraction of sp³-hybridized carbons (Fsp3) is 0.542. The van der Waals surface area contributed by atoms with Gasteiger partial charge in [0.2, 0.25) is 15.5 Å². The van der Waals surface area contributed by atoms with Crippen molar-refractivity contribution >= 4 is 38.2 Å². The van der Waals surface area contributed by atoms with Gasteiger partial charge >= 0.3 is 0 Å². The minimum atomic E-state index is -3.88. The lowest BCUT2D eigenvalue weighted by molar-refractivity contribution is 0.346. The number of aromatic nitrogens is 3. The Bertz CT molecular complexity index is 1230. The van der Waals surface area contributed by atoms with Gasteiger partial charge in [-0.15, -0.1) is 11.3 Å². The number of thiazole rings is 1. The number of pyridine rings is 2. The third-order valence-corrected chi connectivity index (χ3v) is 8.45. The molecule has 0 radical (unpaired) electrons. The number of fused-ring (bicyclic) bond motifs is 1. The monoisotopic (exact) mass is 505 g/mol. The zero-order chi connectivity index (χ0) is 24.7. The highest BCUT2D eigenvalue weighted by Crippen LogP contribution is 2.26. The molecule has 34 heavy (non-hydrogen) atoms. The molecule has 0 aliphatic carbocycles. The van der Waals surface area contributed by atoms with Gasteiger partial charge in [-0.05, 0) is 37.8 Å². The first-order chi connectivity index (χ1) is 16.6. The Hall–Kier alpha value is -2.30. The van der Waals surface area contributed by atoms with E-state index in [1.54, 1.807) is 16.8 Å². The SMILES string of the molecule is CC.CC.O=c1c(S(=O)(=O)N2CCCCC2)cn(-c2nccs2)c2nc(N3CCCC3)ccc12. The van der Waals surface area contributed by atoms with E-state index >= 15 is 0 Å². The maximum absolute atomic E-state index is 13.3. The van der Waals surface area contributed by atoms with Gasteiger partial charge in [-0.25, -0.2) is 18.4 Å². The summed E-state index contributed by atoms with van der Waals surface area (Å²) in [6.45, 7) is 10.8. The lowest BCUT2D eigenvalue weighted by atomic mass is 10.2. The van der Waals surface area contributed by atoms with Crippen molar-refractivity contribution in [3.05, 3.63) is 40.1 Å². The van der Waals surface area contributed by atoms with Crippen LogP contribution in [0.1, 0.15) is 59.8 Å². The molecule has 0 N–H and O–H groups in total. The van der Waals surface area contributed by atoms with Crippen molar-refractivity contribution in [2.45, 2.75) is 64.7 Å². The minimum absolute atomic E-state index is 0.206. The molecule has 0 spiro atoms. The standard InChI is InChI=1S/C20H23N5O3S2.2C2H6/c26-18-15-6-7-17(23-9-4-5-10-23)22-19(15)25(20-21-8-13-29-20)14-16(18)30(27,28)24-11-2-1-3-12-24;2*1-2/h6-8,13-14H,1-5,9-12H2;2*1-2H3. The molecule has 0 aromatic carbocycles. The molecule has 8 nitrogen and oxygen atoms in total. The van der Waals surface area contributed by atoms with Crippen LogP contribution in [0.2, 0.25) is 0 Å². The van der Waals surface area contributed by atoms with Gasteiger partial charge in [0, 0.05) is 44.0 Å². The first-order valence-electron chi connectivity index (χ1n) is 12.3. The summed E-state index contributed by atoms with van der Waals surface area (Å²) in [6, 6.07) is 3.52. The molecule has 2 saturated heterocycles. The van der Waals surface area contributed by atoms with Crippen molar-refractivity contribution in [2.24, 2.45) is 0 Å². The van der Waals surface area contributed by atoms with Crippen molar-refractivity contribution in [3.8, 4) is 5.13 Å². The Morgan fingerprint density at radius 2 is 1.56 bits per heavy atom. The summed E-state index contributed by atoms with van der Waals surface area (Å²) < 4.78 is 29.7. The average molecular weight is 506 g/mol. The molecule has 2 aliphatic rings. The fourth-order valence-electron chi connectivity index (χ4n) is 4.20. The molecule has 0 amide bonds. The Balaban J connectivity index is 0.000000771. The molecule has 0 saturated carbocycles. The largest absolute Gasteiger partial charge is 0.357 e. The molecule has 0 bridgehead atoms. The maximum atomic E-state index is 13.3. The van der Waals surface area contributed by atoms with Gasteiger partial charge in [0.05, 0.1) is 5.39 Å². The Kier molecular flexibility index (Phi) is 9.21. The van der Waals surface area contributed by atoms with Gasteiger partial charge in [-0.2, -0.15) is 4.31 Å². The van der Waals surface area contributed by atoms with E-state index in [4.69, 9.17) is 4.98 Å². The molecule has 2 fully saturated rings. The van der Waals surface area contributed by atoms with Crippen molar-refractivity contribution < 1.29 is 8.42 Å². The topological polar surface area (TPSA) is 88.4 Å². The van der Waals surface area contributed by atoms with Crippen molar-refractivity contribution in [3.63, 3.8) is 0 Å². The highest BCUT2D eigenvalue weighted by atomic mass is 32.2. The van der Waals surface area contributed by atoms with Crippen LogP contribution in [-0.4, -0.2) is 53.4 Å². The van der Waals surface area contributed by atoms with Crippen LogP contribution in [0.15, 0.2) is 39.6 Å². The molecule has 3 aromatic heterocycles. The van der Waals surface area contributed by atoms with E-state index in [0.717, 1.165) is 51.0 Å². The van der Waals surface area contributed by atoms with E-state index in [1.807, 2.05) is 39.1 Å². The van der Waals surface area contributed by atoms with Crippen LogP contribution >= 0.6 is 11.3 Å². The molecule has 0 atom stereocenters. The number of anilines is 1. The maximum Gasteiger partial charge on any atom is 0.248 e. The first-order valence-corrected chi connectivity index (χ1v) is 14.6. The number of hydrogen-bond donors (Lipinski definition) is 0. The molecule has 10 heteroatoms. The normalized spacial score (nSPS) is 16.5. The summed E-state index contributed by atoms with van der Waals surface area (Å²) in [5.74, 6) is 0.802. The molecule has 3 aromatic rings. The lowest BCUT2D eigenvalue weighted by Gasteiger charge is -2.26. The van der Waals surface area contributed by atoms with Gasteiger partial charge in [0.1, 0.15) is 10.7 Å². The summed E-state index contributed by atoms with van der Waals surface area (Å²) in [4.78, 5) is 24.4. The van der Waals surface area contributed by atoms with Crippen molar-refractivity contribution in [1.82, 2.24) is 18.8 Å². The van der Waals surface area contributed by atoms with Crippen LogP contribution in [0.3, 0.4) is 0 Å². The van der Waals surface area contributed by atoms with E-state index in [0.29, 0.717) is 29.3 Å². The first kappa shape index (κ1) is 26.3. The molecule has 186 valence electrons. The number of hydrogen-bond acceptors (Lipinski definition) is 7. The molecular weight excluding hydrogens is 470 g/mol. The van der Waals surface area contributed by atoms with Crippen LogP contribution in [-0.2, 0) is 10.0 Å². The van der Waals surface area contributed by atoms with Crippen LogP contribution in [0, 0.1) is 0 Å². The fourth-order valence-corrected chi connectivity index (χ4v) is 6.42. The zero-order valence-corrected chi connectivity index (χ0v) is 22.2. The highest BCUT2D eigenvalue weighted by Gasteiger charge is 2.30. The van der Waals surface area contributed by atoms with Crippen LogP contribution < -0.4 is 10.3 Å². The summed E-state index contributed by atoms with van der Waals surface area (Å²) in [7, 11) is -3.88. The molecule has 5 rings (SSSR count). The van der Waals surface area contributed by atoms with E-state index < -0.39 is 15.5 Å². The highest BCUT2D eigenvalue weighted by molar-refractivity contribution is 7.89. The van der Waals surface area contributed by atoms with Crippen LogP contribution in [0.4, 0.5) is 5.82 Å². The second-order valence-corrected chi connectivity index (χ2v) is 10.5. The van der Waals surface area contributed by atoms with Gasteiger partial charge < -0.3 is 4.90 Å². The Morgan fingerprint density at radius 3 is 2.18 bits per heavy atom. The Labute approximate surface area is 206 Å². The van der Waals surface area contributed by atoms with Crippen LogP contribution in [0.5, 0.6) is 0 Å². The molecule has 2 aliphatic heterocycles. The van der Waals surface area contributed by atoms with E-state index in [1.165, 1.54) is 21.8 Å². The molecule has 0 unspecified atom stereocenters. The summed E-state index contributed by atoms with van der Waals surface area (Å²) in [5.41, 5.74) is -0.0548. The average Bonchev–Trinajstić information content (AvgIpc) is 3.62. The third kappa shape index (κ3) is 5.18. The van der Waals surface area contributed by atoms with Crippen molar-refractivity contribution in [2.75, 3.05) is 31.1 Å². The predicted molar refractivity (Wildman–Crippen MR) is 140 cm³/mol. The van der Waals surface area contributed by atoms with E-state index in [2.05, 4.69) is 9.88 Å². The van der Waals surface area contributed by atoms with Gasteiger partial charge in [0.15, 0.2) is 10.8 Å². The summed E-state index contributed by atoms with van der Waals surface area (Å²) in [6.07, 6.45) is 7.94. The number of sulfonamides is 1. The lowest BCUT2D eigenvalue weighted by Crippen LogP contribution is -2.38. The number of nitrogens with zero attached hydrogens (tertiary/aromatic N) is 5. The van der Waals surface area contributed by atoms with Gasteiger partial charge in [-0.1, -0.05) is 34.1 Å². The number of piperidine rings is 1. The van der Waals surface area contributed by atoms with Crippen LogP contribution in [0.25, 0.3) is 16.2 Å². The van der Waals surface area contributed by atoms with E-state index in [-0.39, 0.29) is 4.90 Å².